The maximum atomic E-state index is 13.4. The summed E-state index contributed by atoms with van der Waals surface area (Å²) in [5, 5.41) is 17.2. The number of hydrogen-bond acceptors (Lipinski definition) is 7. The number of benzene rings is 3. The van der Waals surface area contributed by atoms with Gasteiger partial charge in [-0.1, -0.05) is 34.0 Å². The zero-order valence-corrected chi connectivity index (χ0v) is 21.9. The van der Waals surface area contributed by atoms with Gasteiger partial charge in [-0.25, -0.2) is 4.98 Å². The van der Waals surface area contributed by atoms with Crippen molar-refractivity contribution < 1.29 is 14.1 Å². The minimum absolute atomic E-state index is 0.00114. The molecule has 0 spiro atoms. The molecule has 0 atom stereocenters. The second kappa shape index (κ2) is 10.0. The Kier molecular flexibility index (Phi) is 6.60. The molecule has 9 nitrogen and oxygen atoms in total. The molecule has 2 aromatic heterocycles. The van der Waals surface area contributed by atoms with Crippen LogP contribution in [-0.2, 0) is 0 Å². The number of hydrogen-bond donors (Lipinski definition) is 0. The predicted octanol–water partition coefficient (Wildman–Crippen LogP) is 6.14. The Labute approximate surface area is 225 Å². The molecule has 0 amide bonds. The topological polar surface area (TPSA) is 113 Å². The van der Waals surface area contributed by atoms with Crippen LogP contribution in [-0.4, -0.2) is 27.4 Å². The first-order chi connectivity index (χ1) is 17.9. The molecule has 11 heteroatoms. The van der Waals surface area contributed by atoms with Crippen molar-refractivity contribution in [3.8, 4) is 29.7 Å². The molecule has 0 radical (unpaired) electrons. The minimum Gasteiger partial charge on any atom is -0.473 e. The molecule has 37 heavy (non-hydrogen) atoms. The summed E-state index contributed by atoms with van der Waals surface area (Å²) in [7, 11) is 0. The van der Waals surface area contributed by atoms with Crippen LogP contribution in [0.2, 0.25) is 0 Å². The fourth-order valence-corrected chi connectivity index (χ4v) is 4.67. The Balaban J connectivity index is 1.67. The molecular formula is C26H14Br2N4O5. The van der Waals surface area contributed by atoms with Gasteiger partial charge in [0.25, 0.3) is 5.56 Å². The van der Waals surface area contributed by atoms with Crippen molar-refractivity contribution in [2.45, 2.75) is 0 Å². The zero-order valence-electron chi connectivity index (χ0n) is 18.7. The number of para-hydroxylation sites is 1. The molecule has 0 saturated heterocycles. The average molecular weight is 622 g/mol. The van der Waals surface area contributed by atoms with E-state index in [1.54, 1.807) is 42.5 Å². The molecule has 0 bridgehead atoms. The van der Waals surface area contributed by atoms with Gasteiger partial charge in [-0.2, -0.15) is 9.78 Å². The van der Waals surface area contributed by atoms with Crippen LogP contribution in [0.25, 0.3) is 33.5 Å². The number of nitro groups is 1. The van der Waals surface area contributed by atoms with Crippen molar-refractivity contribution in [1.29, 1.82) is 0 Å². The average Bonchev–Trinajstić information content (AvgIpc) is 3.30. The highest BCUT2D eigenvalue weighted by atomic mass is 79.9. The maximum absolute atomic E-state index is 13.4. The van der Waals surface area contributed by atoms with Crippen LogP contribution in [0.15, 0.2) is 83.9 Å². The van der Waals surface area contributed by atoms with Crippen LogP contribution in [0.1, 0.15) is 5.56 Å². The number of nitro benzene ring substituents is 1. The van der Waals surface area contributed by atoms with E-state index in [-0.39, 0.29) is 23.9 Å². The van der Waals surface area contributed by atoms with Gasteiger partial charge >= 0.3 is 5.69 Å². The monoisotopic (exact) mass is 620 g/mol. The summed E-state index contributed by atoms with van der Waals surface area (Å²) in [5.74, 6) is 2.78. The summed E-state index contributed by atoms with van der Waals surface area (Å²) in [6.07, 6.45) is 6.54. The Morgan fingerprint density at radius 1 is 1.19 bits per heavy atom. The highest BCUT2D eigenvalue weighted by Gasteiger charge is 2.21. The normalized spacial score (nSPS) is 11.3. The summed E-state index contributed by atoms with van der Waals surface area (Å²) in [5.41, 5.74) is 0.688. The third-order valence-electron chi connectivity index (χ3n) is 5.32. The zero-order chi connectivity index (χ0) is 26.1. The Hall–Kier alpha value is -4.27. The van der Waals surface area contributed by atoms with Crippen molar-refractivity contribution in [3.63, 3.8) is 0 Å². The molecule has 0 N–H and O–H groups in total. The summed E-state index contributed by atoms with van der Waals surface area (Å²) in [4.78, 5) is 29.1. The summed E-state index contributed by atoms with van der Waals surface area (Å²) in [6.45, 7) is -0.136. The molecule has 182 valence electrons. The second-order valence-corrected chi connectivity index (χ2v) is 9.48. The van der Waals surface area contributed by atoms with E-state index in [0.717, 1.165) is 14.5 Å². The first kappa shape index (κ1) is 24.4. The molecule has 5 rings (SSSR count). The van der Waals surface area contributed by atoms with Gasteiger partial charge in [0.2, 0.25) is 11.6 Å². The third kappa shape index (κ3) is 4.76. The molecule has 0 aliphatic heterocycles. The predicted molar refractivity (Wildman–Crippen MR) is 147 cm³/mol. The van der Waals surface area contributed by atoms with Gasteiger partial charge in [0.1, 0.15) is 12.2 Å². The van der Waals surface area contributed by atoms with E-state index in [0.29, 0.717) is 32.3 Å². The van der Waals surface area contributed by atoms with Crippen molar-refractivity contribution in [1.82, 2.24) is 9.66 Å². The van der Waals surface area contributed by atoms with Crippen LogP contribution in [0.3, 0.4) is 0 Å². The van der Waals surface area contributed by atoms with Crippen molar-refractivity contribution in [2.75, 3.05) is 6.61 Å². The Bertz CT molecular complexity index is 1840. The lowest BCUT2D eigenvalue weighted by atomic mass is 10.2. The van der Waals surface area contributed by atoms with E-state index >= 15 is 0 Å². The quantitative estimate of drug-likeness (QED) is 0.0974. The maximum Gasteiger partial charge on any atom is 0.312 e. The van der Waals surface area contributed by atoms with Gasteiger partial charge in [-0.3, -0.25) is 14.9 Å². The van der Waals surface area contributed by atoms with Crippen molar-refractivity contribution >= 4 is 65.6 Å². The summed E-state index contributed by atoms with van der Waals surface area (Å²) in [6, 6.07) is 17.0. The summed E-state index contributed by atoms with van der Waals surface area (Å²) < 4.78 is 13.6. The van der Waals surface area contributed by atoms with E-state index in [2.05, 4.69) is 47.9 Å². The lowest BCUT2D eigenvalue weighted by Crippen LogP contribution is -2.20. The van der Waals surface area contributed by atoms with E-state index in [1.807, 2.05) is 12.1 Å². The Morgan fingerprint density at radius 2 is 2.00 bits per heavy atom. The largest absolute Gasteiger partial charge is 0.473 e. The highest BCUT2D eigenvalue weighted by Crippen LogP contribution is 2.36. The minimum atomic E-state index is -0.588. The molecule has 0 unspecified atom stereocenters. The van der Waals surface area contributed by atoms with Crippen LogP contribution in [0.4, 0.5) is 5.69 Å². The van der Waals surface area contributed by atoms with Gasteiger partial charge < -0.3 is 9.15 Å². The van der Waals surface area contributed by atoms with E-state index in [9.17, 15) is 14.9 Å². The molecule has 5 aromatic rings. The SMILES string of the molecule is C#CCOc1c(Br)cc(C=Nn2c(-c3cc4cc(Br)ccc4o3)nc3ccccc3c2=O)cc1[N+](=O)[O-]. The van der Waals surface area contributed by atoms with Crippen LogP contribution >= 0.6 is 31.9 Å². The van der Waals surface area contributed by atoms with Gasteiger partial charge in [0.15, 0.2) is 5.76 Å². The smallest absolute Gasteiger partial charge is 0.312 e. The number of nitrogens with zero attached hydrogens (tertiary/aromatic N) is 4. The van der Waals surface area contributed by atoms with E-state index in [1.165, 1.54) is 12.3 Å². The lowest BCUT2D eigenvalue weighted by Gasteiger charge is -2.08. The number of furan rings is 1. The molecule has 2 heterocycles. The van der Waals surface area contributed by atoms with E-state index in [4.69, 9.17) is 15.6 Å². The first-order valence-electron chi connectivity index (χ1n) is 10.7. The van der Waals surface area contributed by atoms with Crippen molar-refractivity contribution in [3.05, 3.63) is 95.6 Å². The number of fused-ring (bicyclic) bond motifs is 2. The van der Waals surface area contributed by atoms with E-state index < -0.39 is 10.5 Å². The van der Waals surface area contributed by atoms with Gasteiger partial charge in [0.05, 0.1) is 26.5 Å². The van der Waals surface area contributed by atoms with Crippen molar-refractivity contribution in [2.24, 2.45) is 5.10 Å². The lowest BCUT2D eigenvalue weighted by molar-refractivity contribution is -0.385. The van der Waals surface area contributed by atoms with Gasteiger partial charge in [-0.15, -0.1) is 6.42 Å². The van der Waals surface area contributed by atoms with Crippen LogP contribution in [0.5, 0.6) is 5.75 Å². The molecular weight excluding hydrogens is 608 g/mol. The molecule has 3 aromatic carbocycles. The number of ether oxygens (including phenoxy) is 1. The van der Waals surface area contributed by atoms with Crippen LogP contribution in [0, 0.1) is 22.5 Å². The number of terminal acetylenes is 1. The fourth-order valence-electron chi connectivity index (χ4n) is 3.71. The van der Waals surface area contributed by atoms with Gasteiger partial charge in [0, 0.05) is 21.5 Å². The fraction of sp³-hybridized carbons (Fsp3) is 0.0385. The molecule has 0 fully saturated rings. The molecule has 0 saturated carbocycles. The standard InChI is InChI=1S/C26H14Br2N4O5/c1-2-9-36-24-19(28)10-15(11-21(24)32(34)35)14-29-31-25(30-20-6-4-3-5-18(20)26(31)33)23-13-16-12-17(27)7-8-22(16)37-23/h1,3-8,10-14H,9H2. The number of halogens is 2. The molecule has 0 aliphatic rings. The first-order valence-corrected chi connectivity index (χ1v) is 12.2. The number of aromatic nitrogens is 2. The van der Waals surface area contributed by atoms with Crippen LogP contribution < -0.4 is 10.3 Å². The molecule has 0 aliphatic carbocycles. The third-order valence-corrected chi connectivity index (χ3v) is 6.40. The number of rotatable bonds is 6. The summed E-state index contributed by atoms with van der Waals surface area (Å²) >= 11 is 6.73. The highest BCUT2D eigenvalue weighted by molar-refractivity contribution is 9.10. The second-order valence-electron chi connectivity index (χ2n) is 7.71. The Morgan fingerprint density at radius 3 is 2.78 bits per heavy atom. The van der Waals surface area contributed by atoms with Gasteiger partial charge in [-0.05, 0) is 58.4 Å².